The molecule has 1 aliphatic rings. The summed E-state index contributed by atoms with van der Waals surface area (Å²) in [6, 6.07) is 2.05. The minimum absolute atomic E-state index is 0.187. The van der Waals surface area contributed by atoms with Gasteiger partial charge in [-0.25, -0.2) is 9.97 Å². The minimum atomic E-state index is 0.187. The Kier molecular flexibility index (Phi) is 3.39. The highest BCUT2D eigenvalue weighted by Crippen LogP contribution is 2.38. The first-order chi connectivity index (χ1) is 7.70. The van der Waals surface area contributed by atoms with Gasteiger partial charge in [0.25, 0.3) is 0 Å². The molecule has 0 aliphatic heterocycles. The summed E-state index contributed by atoms with van der Waals surface area (Å²) >= 11 is 0. The van der Waals surface area contributed by atoms with Crippen LogP contribution in [-0.4, -0.2) is 23.1 Å². The molecule has 4 heteroatoms. The molecule has 2 unspecified atom stereocenters. The third-order valence-corrected chi connectivity index (χ3v) is 3.39. The quantitative estimate of drug-likeness (QED) is 0.816. The van der Waals surface area contributed by atoms with Gasteiger partial charge in [-0.1, -0.05) is 6.92 Å². The first kappa shape index (κ1) is 11.3. The van der Waals surface area contributed by atoms with Crippen LogP contribution >= 0.6 is 0 Å². The Bertz CT molecular complexity index is 352. The number of rotatable bonds is 5. The Labute approximate surface area is 96.2 Å². The van der Waals surface area contributed by atoms with E-state index in [0.717, 1.165) is 18.0 Å². The van der Waals surface area contributed by atoms with Crippen molar-refractivity contribution < 1.29 is 4.74 Å². The molecule has 1 fully saturated rings. The summed E-state index contributed by atoms with van der Waals surface area (Å²) in [6.07, 6.45) is 5.00. The maximum absolute atomic E-state index is 6.18. The largest absolute Gasteiger partial charge is 0.481 e. The smallest absolute Gasteiger partial charge is 0.216 e. The zero-order valence-electron chi connectivity index (χ0n) is 9.89. The molecule has 4 nitrogen and oxygen atoms in total. The van der Waals surface area contributed by atoms with Gasteiger partial charge in [0.2, 0.25) is 5.88 Å². The number of hydrogen-bond donors (Lipinski definition) is 1. The lowest BCUT2D eigenvalue weighted by Gasteiger charge is -2.18. The maximum Gasteiger partial charge on any atom is 0.216 e. The van der Waals surface area contributed by atoms with Crippen LogP contribution in [0.25, 0.3) is 0 Å². The summed E-state index contributed by atoms with van der Waals surface area (Å²) in [5.74, 6) is 2.02. The Morgan fingerprint density at radius 2 is 2.25 bits per heavy atom. The molecule has 1 aliphatic carbocycles. The fourth-order valence-corrected chi connectivity index (χ4v) is 2.00. The van der Waals surface area contributed by atoms with E-state index in [4.69, 9.17) is 10.5 Å². The van der Waals surface area contributed by atoms with Crippen molar-refractivity contribution in [1.82, 2.24) is 9.97 Å². The molecule has 0 radical (unpaired) electrons. The predicted molar refractivity (Wildman–Crippen MR) is 62.2 cm³/mol. The molecular weight excluding hydrogens is 202 g/mol. The van der Waals surface area contributed by atoms with Crippen LogP contribution in [0.1, 0.15) is 25.5 Å². The first-order valence-electron chi connectivity index (χ1n) is 5.81. The third-order valence-electron chi connectivity index (χ3n) is 3.39. The van der Waals surface area contributed by atoms with Crippen molar-refractivity contribution in [3.63, 3.8) is 0 Å². The van der Waals surface area contributed by atoms with E-state index >= 15 is 0 Å². The third kappa shape index (κ3) is 2.70. The van der Waals surface area contributed by atoms with Crippen molar-refractivity contribution in [2.24, 2.45) is 17.6 Å². The first-order valence-corrected chi connectivity index (χ1v) is 5.81. The Hall–Kier alpha value is -1.16. The zero-order valence-corrected chi connectivity index (χ0v) is 9.89. The molecule has 0 saturated heterocycles. The van der Waals surface area contributed by atoms with Crippen LogP contribution < -0.4 is 10.5 Å². The topological polar surface area (TPSA) is 61.0 Å². The highest BCUT2D eigenvalue weighted by atomic mass is 16.5. The van der Waals surface area contributed by atoms with Crippen LogP contribution in [0.4, 0.5) is 0 Å². The van der Waals surface area contributed by atoms with Gasteiger partial charge in [-0.2, -0.15) is 0 Å². The number of nitrogens with zero attached hydrogens (tertiary/aromatic N) is 2. The summed E-state index contributed by atoms with van der Waals surface area (Å²) in [6.45, 7) is 2.24. The van der Waals surface area contributed by atoms with Crippen molar-refractivity contribution in [2.45, 2.75) is 32.2 Å². The summed E-state index contributed by atoms with van der Waals surface area (Å²) in [5.41, 5.74) is 7.15. The number of nitrogens with two attached hydrogens (primary N) is 1. The Morgan fingerprint density at radius 3 is 2.88 bits per heavy atom. The summed E-state index contributed by atoms with van der Waals surface area (Å²) in [7, 11) is 1.61. The van der Waals surface area contributed by atoms with Gasteiger partial charge in [0, 0.05) is 24.2 Å². The zero-order chi connectivity index (χ0) is 11.5. The lowest BCUT2D eigenvalue weighted by molar-refractivity contribution is 0.388. The summed E-state index contributed by atoms with van der Waals surface area (Å²) in [4.78, 5) is 8.20. The van der Waals surface area contributed by atoms with Crippen LogP contribution in [0.15, 0.2) is 12.4 Å². The maximum atomic E-state index is 6.18. The number of aromatic nitrogens is 2. The molecule has 1 heterocycles. The fraction of sp³-hybridized carbons (Fsp3) is 0.667. The average molecular weight is 221 g/mol. The molecule has 16 heavy (non-hydrogen) atoms. The molecule has 88 valence electrons. The molecule has 1 aromatic heterocycles. The SMILES string of the molecule is COc1cc(CC(N)C(C)C2CC2)ncn1. The van der Waals surface area contributed by atoms with Crippen molar-refractivity contribution >= 4 is 0 Å². The molecule has 2 atom stereocenters. The molecule has 2 N–H and O–H groups in total. The van der Waals surface area contributed by atoms with Crippen molar-refractivity contribution in [3.05, 3.63) is 18.1 Å². The number of methoxy groups -OCH3 is 1. The second kappa shape index (κ2) is 4.78. The van der Waals surface area contributed by atoms with Crippen LogP contribution in [0, 0.1) is 11.8 Å². The van der Waals surface area contributed by atoms with Crippen LogP contribution in [0.2, 0.25) is 0 Å². The second-order valence-corrected chi connectivity index (χ2v) is 4.62. The Balaban J connectivity index is 1.96. The Morgan fingerprint density at radius 1 is 1.50 bits per heavy atom. The minimum Gasteiger partial charge on any atom is -0.481 e. The lowest BCUT2D eigenvalue weighted by Crippen LogP contribution is -2.32. The van der Waals surface area contributed by atoms with E-state index in [0.29, 0.717) is 11.8 Å². The van der Waals surface area contributed by atoms with E-state index in [1.165, 1.54) is 19.2 Å². The molecule has 0 bridgehead atoms. The van der Waals surface area contributed by atoms with Gasteiger partial charge < -0.3 is 10.5 Å². The number of hydrogen-bond acceptors (Lipinski definition) is 4. The van der Waals surface area contributed by atoms with Crippen LogP contribution in [0.5, 0.6) is 5.88 Å². The van der Waals surface area contributed by atoms with E-state index < -0.39 is 0 Å². The van der Waals surface area contributed by atoms with Gasteiger partial charge in [0.05, 0.1) is 7.11 Å². The molecule has 0 spiro atoms. The molecule has 1 aromatic rings. The molecule has 2 rings (SSSR count). The van der Waals surface area contributed by atoms with Gasteiger partial charge in [-0.3, -0.25) is 0 Å². The van der Waals surface area contributed by atoms with Gasteiger partial charge in [-0.05, 0) is 24.7 Å². The standard InChI is InChI=1S/C12H19N3O/c1-8(9-3-4-9)11(13)5-10-6-12(16-2)15-7-14-10/h6-9,11H,3-5,13H2,1-2H3. The van der Waals surface area contributed by atoms with Crippen molar-refractivity contribution in [1.29, 1.82) is 0 Å². The predicted octanol–water partition coefficient (Wildman–Crippen LogP) is 1.40. The highest BCUT2D eigenvalue weighted by molar-refractivity contribution is 5.14. The molecule has 0 amide bonds. The van der Waals surface area contributed by atoms with E-state index in [-0.39, 0.29) is 6.04 Å². The number of ether oxygens (including phenoxy) is 1. The van der Waals surface area contributed by atoms with E-state index in [2.05, 4.69) is 16.9 Å². The normalized spacial score (nSPS) is 19.2. The van der Waals surface area contributed by atoms with Gasteiger partial charge in [0.15, 0.2) is 0 Å². The van der Waals surface area contributed by atoms with Crippen LogP contribution in [0.3, 0.4) is 0 Å². The highest BCUT2D eigenvalue weighted by Gasteiger charge is 2.31. The van der Waals surface area contributed by atoms with Gasteiger partial charge in [0.1, 0.15) is 6.33 Å². The van der Waals surface area contributed by atoms with Crippen molar-refractivity contribution in [2.75, 3.05) is 7.11 Å². The monoisotopic (exact) mass is 221 g/mol. The molecular formula is C12H19N3O. The molecule has 1 saturated carbocycles. The average Bonchev–Trinajstić information content (AvgIpc) is 3.12. The fourth-order valence-electron chi connectivity index (χ4n) is 2.00. The van der Waals surface area contributed by atoms with E-state index in [1.54, 1.807) is 7.11 Å². The van der Waals surface area contributed by atoms with Gasteiger partial charge >= 0.3 is 0 Å². The lowest BCUT2D eigenvalue weighted by atomic mass is 9.94. The van der Waals surface area contributed by atoms with E-state index in [9.17, 15) is 0 Å². The second-order valence-electron chi connectivity index (χ2n) is 4.62. The van der Waals surface area contributed by atoms with Gasteiger partial charge in [-0.15, -0.1) is 0 Å². The summed E-state index contributed by atoms with van der Waals surface area (Å²) < 4.78 is 5.06. The van der Waals surface area contributed by atoms with E-state index in [1.807, 2.05) is 6.07 Å². The summed E-state index contributed by atoms with van der Waals surface area (Å²) in [5, 5.41) is 0. The van der Waals surface area contributed by atoms with Crippen LogP contribution in [-0.2, 0) is 6.42 Å². The van der Waals surface area contributed by atoms with Crippen molar-refractivity contribution in [3.8, 4) is 5.88 Å². The molecule has 0 aromatic carbocycles.